The van der Waals surface area contributed by atoms with Crippen LogP contribution in [0, 0.1) is 11.3 Å². The van der Waals surface area contributed by atoms with Gasteiger partial charge in [-0.1, -0.05) is 0 Å². The average Bonchev–Trinajstić information content (AvgIpc) is 1.83. The highest BCUT2D eigenvalue weighted by atomic mass is 35.5. The van der Waals surface area contributed by atoms with Gasteiger partial charge in [0.2, 0.25) is 0 Å². The Morgan fingerprint density at radius 3 is 2.75 bits per heavy atom. The summed E-state index contributed by atoms with van der Waals surface area (Å²) < 4.78 is 4.53. The molecule has 0 fully saturated rings. The average molecular weight is 153 g/mol. The summed E-state index contributed by atoms with van der Waals surface area (Å²) in [6, 6.07) is 1.45. The maximum atomic E-state index is 8.17. The van der Waals surface area contributed by atoms with Gasteiger partial charge in [0, 0.05) is 9.47 Å². The standard InChI is InChI=1S/C3H6ClN2OP/c4-6-3(1-5)2-7-8/h3,6H,2,8H2. The Balaban J connectivity index is 3.26. The van der Waals surface area contributed by atoms with Crippen molar-refractivity contribution in [3.8, 4) is 6.07 Å². The molecule has 0 aromatic rings. The van der Waals surface area contributed by atoms with Crippen molar-refractivity contribution in [3.05, 3.63) is 0 Å². The van der Waals surface area contributed by atoms with Gasteiger partial charge < -0.3 is 4.52 Å². The van der Waals surface area contributed by atoms with Crippen LogP contribution in [0.15, 0.2) is 0 Å². The van der Waals surface area contributed by atoms with Crippen molar-refractivity contribution < 1.29 is 4.52 Å². The first-order chi connectivity index (χ1) is 3.85. The maximum absolute atomic E-state index is 8.17. The second kappa shape index (κ2) is 5.27. The Labute approximate surface area is 55.4 Å². The van der Waals surface area contributed by atoms with E-state index < -0.39 is 6.04 Å². The molecule has 46 valence electrons. The topological polar surface area (TPSA) is 45.0 Å². The van der Waals surface area contributed by atoms with E-state index in [-0.39, 0.29) is 6.61 Å². The lowest BCUT2D eigenvalue weighted by Gasteiger charge is -2.00. The van der Waals surface area contributed by atoms with Gasteiger partial charge in [0.05, 0.1) is 12.7 Å². The fraction of sp³-hybridized carbons (Fsp3) is 0.667. The zero-order chi connectivity index (χ0) is 6.41. The fourth-order valence-electron chi connectivity index (χ4n) is 0.189. The molecule has 0 heterocycles. The molecular formula is C3H6ClN2OP. The highest BCUT2D eigenvalue weighted by molar-refractivity contribution is 7.09. The van der Waals surface area contributed by atoms with E-state index in [0.29, 0.717) is 0 Å². The molecule has 2 unspecified atom stereocenters. The van der Waals surface area contributed by atoms with Gasteiger partial charge in [-0.3, -0.25) is 0 Å². The van der Waals surface area contributed by atoms with Gasteiger partial charge in [-0.25, -0.2) is 4.84 Å². The first-order valence-electron chi connectivity index (χ1n) is 1.92. The van der Waals surface area contributed by atoms with Gasteiger partial charge in [-0.15, -0.1) is 0 Å². The minimum absolute atomic E-state index is 0.282. The van der Waals surface area contributed by atoms with E-state index in [4.69, 9.17) is 17.0 Å². The molecule has 0 bridgehead atoms. The Kier molecular flexibility index (Phi) is 5.36. The molecule has 0 radical (unpaired) electrons. The van der Waals surface area contributed by atoms with Crippen molar-refractivity contribution in [2.75, 3.05) is 6.61 Å². The molecule has 0 aliphatic heterocycles. The van der Waals surface area contributed by atoms with Gasteiger partial charge in [0.15, 0.2) is 0 Å². The van der Waals surface area contributed by atoms with E-state index in [2.05, 4.69) is 9.36 Å². The summed E-state index contributed by atoms with van der Waals surface area (Å²) in [4.78, 5) is 2.23. The smallest absolute Gasteiger partial charge is 0.132 e. The molecule has 0 amide bonds. The second-order valence-electron chi connectivity index (χ2n) is 1.12. The van der Waals surface area contributed by atoms with Crippen molar-refractivity contribution in [1.29, 1.82) is 5.26 Å². The van der Waals surface area contributed by atoms with Gasteiger partial charge >= 0.3 is 0 Å². The Hall–Kier alpha value is 0.130. The Bertz CT molecular complexity index is 93.8. The highest BCUT2D eigenvalue weighted by Crippen LogP contribution is 1.89. The van der Waals surface area contributed by atoms with E-state index >= 15 is 0 Å². The van der Waals surface area contributed by atoms with Crippen LogP contribution in [0.5, 0.6) is 0 Å². The lowest BCUT2D eigenvalue weighted by Crippen LogP contribution is -2.22. The molecule has 5 heteroatoms. The second-order valence-corrected chi connectivity index (χ2v) is 1.68. The molecule has 1 N–H and O–H groups in total. The summed E-state index contributed by atoms with van der Waals surface area (Å²) in [7, 11) is 2.03. The normalized spacial score (nSPS) is 12.6. The van der Waals surface area contributed by atoms with Crippen LogP contribution < -0.4 is 4.84 Å². The SMILES string of the molecule is N#CC(COP)NCl. The zero-order valence-electron chi connectivity index (χ0n) is 4.10. The molecule has 0 aliphatic carbocycles. The number of nitrogens with zero attached hydrogens (tertiary/aromatic N) is 1. The molecule has 0 aliphatic rings. The summed E-state index contributed by atoms with van der Waals surface area (Å²) in [5, 5.41) is 8.17. The highest BCUT2D eigenvalue weighted by Gasteiger charge is 2.00. The lowest BCUT2D eigenvalue weighted by molar-refractivity contribution is 0.352. The van der Waals surface area contributed by atoms with Gasteiger partial charge in [-0.05, 0) is 11.8 Å². The van der Waals surface area contributed by atoms with Crippen molar-refractivity contribution in [2.45, 2.75) is 6.04 Å². The van der Waals surface area contributed by atoms with Crippen molar-refractivity contribution in [1.82, 2.24) is 4.84 Å². The minimum Gasteiger partial charge on any atom is -0.363 e. The third-order valence-electron chi connectivity index (χ3n) is 0.550. The quantitative estimate of drug-likeness (QED) is 0.471. The maximum Gasteiger partial charge on any atom is 0.132 e. The third-order valence-corrected chi connectivity index (χ3v) is 1.01. The largest absolute Gasteiger partial charge is 0.363 e. The van der Waals surface area contributed by atoms with Gasteiger partial charge in [-0.2, -0.15) is 5.26 Å². The van der Waals surface area contributed by atoms with Crippen LogP contribution in [0.3, 0.4) is 0 Å². The minimum atomic E-state index is -0.422. The number of hydrogen-bond acceptors (Lipinski definition) is 3. The van der Waals surface area contributed by atoms with Gasteiger partial charge in [0.25, 0.3) is 0 Å². The summed E-state index contributed by atoms with van der Waals surface area (Å²) in [6.07, 6.45) is 0. The molecule has 8 heavy (non-hydrogen) atoms. The van der Waals surface area contributed by atoms with Crippen LogP contribution in [0.4, 0.5) is 0 Å². The molecule has 0 saturated heterocycles. The van der Waals surface area contributed by atoms with Crippen molar-refractivity contribution in [2.24, 2.45) is 0 Å². The molecule has 0 saturated carbocycles. The van der Waals surface area contributed by atoms with Crippen LogP contribution in [-0.2, 0) is 4.52 Å². The van der Waals surface area contributed by atoms with E-state index in [1.165, 1.54) is 0 Å². The molecule has 0 rings (SSSR count). The summed E-state index contributed by atoms with van der Waals surface area (Å²) in [5.74, 6) is 0. The van der Waals surface area contributed by atoms with Crippen LogP contribution in [0.25, 0.3) is 0 Å². The van der Waals surface area contributed by atoms with Crippen molar-refractivity contribution >= 4 is 21.2 Å². The summed E-state index contributed by atoms with van der Waals surface area (Å²) >= 11 is 5.08. The van der Waals surface area contributed by atoms with E-state index in [1.807, 2.05) is 15.5 Å². The predicted octanol–water partition coefficient (Wildman–Crippen LogP) is 0.429. The lowest BCUT2D eigenvalue weighted by atomic mass is 10.4. The van der Waals surface area contributed by atoms with E-state index in [1.54, 1.807) is 0 Å². The van der Waals surface area contributed by atoms with Crippen molar-refractivity contribution in [3.63, 3.8) is 0 Å². The summed E-state index contributed by atoms with van der Waals surface area (Å²) in [5.41, 5.74) is 0. The predicted molar refractivity (Wildman–Crippen MR) is 34.1 cm³/mol. The van der Waals surface area contributed by atoms with Crippen LogP contribution >= 0.6 is 21.2 Å². The molecule has 0 aromatic carbocycles. The third kappa shape index (κ3) is 3.17. The zero-order valence-corrected chi connectivity index (χ0v) is 6.01. The summed E-state index contributed by atoms with van der Waals surface area (Å²) in [6.45, 7) is 0.282. The van der Waals surface area contributed by atoms with Crippen LogP contribution in [0.1, 0.15) is 0 Å². The van der Waals surface area contributed by atoms with Gasteiger partial charge in [0.1, 0.15) is 6.04 Å². The Morgan fingerprint density at radius 2 is 2.62 bits per heavy atom. The molecule has 2 atom stereocenters. The monoisotopic (exact) mass is 152 g/mol. The molecule has 3 nitrogen and oxygen atoms in total. The molecule has 0 spiro atoms. The Morgan fingerprint density at radius 1 is 2.00 bits per heavy atom. The number of nitriles is 1. The van der Waals surface area contributed by atoms with E-state index in [9.17, 15) is 0 Å². The first-order valence-corrected chi connectivity index (χ1v) is 2.77. The number of nitrogens with one attached hydrogen (secondary N) is 1. The number of halogens is 1. The van der Waals surface area contributed by atoms with Crippen LogP contribution in [-0.4, -0.2) is 12.6 Å². The van der Waals surface area contributed by atoms with E-state index in [0.717, 1.165) is 0 Å². The first kappa shape index (κ1) is 8.13. The van der Waals surface area contributed by atoms with Crippen LogP contribution in [0.2, 0.25) is 0 Å². The molecular weight excluding hydrogens is 146 g/mol. The number of hydrogen-bond donors (Lipinski definition) is 1. The fourth-order valence-corrected chi connectivity index (χ4v) is 0.494. The molecule has 0 aromatic heterocycles. The number of rotatable bonds is 3.